The Balaban J connectivity index is 1.25. The average molecular weight is 488 g/mol. The molecule has 0 radical (unpaired) electrons. The summed E-state index contributed by atoms with van der Waals surface area (Å²) in [4.78, 5) is 27.8. The van der Waals surface area contributed by atoms with Crippen LogP contribution in [-0.2, 0) is 24.9 Å². The van der Waals surface area contributed by atoms with Crippen LogP contribution in [0, 0.1) is 13.8 Å². The second kappa shape index (κ2) is 9.46. The lowest BCUT2D eigenvalue weighted by Gasteiger charge is -2.09. The third-order valence-electron chi connectivity index (χ3n) is 5.86. The predicted molar refractivity (Wildman–Crippen MR) is 136 cm³/mol. The van der Waals surface area contributed by atoms with E-state index in [0.29, 0.717) is 18.8 Å². The molecule has 1 aromatic heterocycles. The van der Waals surface area contributed by atoms with Crippen molar-refractivity contribution in [3.63, 3.8) is 0 Å². The van der Waals surface area contributed by atoms with Crippen molar-refractivity contribution < 1.29 is 19.1 Å². The number of nitrogens with one attached hydrogen (secondary N) is 1. The first-order chi connectivity index (χ1) is 16.8. The van der Waals surface area contributed by atoms with Gasteiger partial charge in [-0.1, -0.05) is 30.0 Å². The predicted octanol–water partition coefficient (Wildman–Crippen LogP) is 5.46. The van der Waals surface area contributed by atoms with Crippen molar-refractivity contribution >= 4 is 33.9 Å². The molecule has 2 amide bonds. The summed E-state index contributed by atoms with van der Waals surface area (Å²) < 4.78 is 14.1. The van der Waals surface area contributed by atoms with Gasteiger partial charge in [-0.15, -0.1) is 0 Å². The molecule has 0 bridgehead atoms. The second-order valence-electron chi connectivity index (χ2n) is 8.68. The van der Waals surface area contributed by atoms with Crippen LogP contribution in [0.5, 0.6) is 17.2 Å². The largest absolute Gasteiger partial charge is 0.486 e. The van der Waals surface area contributed by atoms with Crippen LogP contribution < -0.4 is 14.8 Å². The minimum atomic E-state index is -0.377. The zero-order valence-corrected chi connectivity index (χ0v) is 20.5. The SMILES string of the molecule is Cc1cc(C)cc(Oc2ccc3nc(COc4ccc(CC5SC(=O)NC5=O)cc4)n(C)c3c2)c1. The molecule has 4 aromatic rings. The number of fused-ring (bicyclic) bond motifs is 1. The number of benzene rings is 3. The molecule has 0 saturated carbocycles. The van der Waals surface area contributed by atoms with Gasteiger partial charge in [-0.3, -0.25) is 14.9 Å². The van der Waals surface area contributed by atoms with E-state index < -0.39 is 0 Å². The summed E-state index contributed by atoms with van der Waals surface area (Å²) >= 11 is 1.04. The molecule has 7 nitrogen and oxygen atoms in total. The number of imide groups is 1. The van der Waals surface area contributed by atoms with Crippen molar-refractivity contribution in [2.24, 2.45) is 7.05 Å². The first-order valence-electron chi connectivity index (χ1n) is 11.3. The Morgan fingerprint density at radius 1 is 0.943 bits per heavy atom. The molecule has 1 saturated heterocycles. The fourth-order valence-corrected chi connectivity index (χ4v) is 5.01. The van der Waals surface area contributed by atoms with Crippen molar-refractivity contribution in [1.82, 2.24) is 14.9 Å². The standard InChI is InChI=1S/C27H25N3O4S/c1-16-10-17(2)12-21(11-16)34-20-8-9-22-23(14-20)30(3)25(28-22)15-33-19-6-4-18(5-7-19)13-24-26(31)29-27(32)35-24/h4-12,14,24H,13,15H2,1-3H3,(H,29,31,32). The molecular formula is C27H25N3O4S. The molecule has 178 valence electrons. The third-order valence-corrected chi connectivity index (χ3v) is 6.84. The Morgan fingerprint density at radius 2 is 1.66 bits per heavy atom. The quantitative estimate of drug-likeness (QED) is 0.373. The number of nitrogens with zero attached hydrogens (tertiary/aromatic N) is 2. The Morgan fingerprint density at radius 3 is 2.34 bits per heavy atom. The van der Waals surface area contributed by atoms with E-state index in [1.165, 1.54) is 0 Å². The molecule has 3 aromatic carbocycles. The molecule has 1 unspecified atom stereocenters. The first kappa shape index (κ1) is 23.0. The van der Waals surface area contributed by atoms with E-state index in [1.807, 2.05) is 66.2 Å². The lowest BCUT2D eigenvalue weighted by Crippen LogP contribution is -2.25. The summed E-state index contributed by atoms with van der Waals surface area (Å²) in [6.07, 6.45) is 0.500. The van der Waals surface area contributed by atoms with Gasteiger partial charge >= 0.3 is 0 Å². The summed E-state index contributed by atoms with van der Waals surface area (Å²) in [6, 6.07) is 19.6. The van der Waals surface area contributed by atoms with E-state index in [2.05, 4.69) is 25.2 Å². The number of rotatable bonds is 7. The molecule has 8 heteroatoms. The van der Waals surface area contributed by atoms with Gasteiger partial charge in [-0.25, -0.2) is 4.98 Å². The Hall–Kier alpha value is -3.78. The van der Waals surface area contributed by atoms with E-state index in [1.54, 1.807) is 0 Å². The van der Waals surface area contributed by atoms with Crippen LogP contribution in [0.1, 0.15) is 22.5 Å². The second-order valence-corrected chi connectivity index (χ2v) is 9.86. The minimum Gasteiger partial charge on any atom is -0.486 e. The highest BCUT2D eigenvalue weighted by molar-refractivity contribution is 8.15. The molecule has 0 spiro atoms. The van der Waals surface area contributed by atoms with Crippen molar-refractivity contribution in [3.05, 3.63) is 83.2 Å². The molecule has 1 aliphatic rings. The van der Waals surface area contributed by atoms with Crippen LogP contribution in [0.4, 0.5) is 4.79 Å². The van der Waals surface area contributed by atoms with Crippen LogP contribution in [0.3, 0.4) is 0 Å². The van der Waals surface area contributed by atoms with Crippen LogP contribution in [0.2, 0.25) is 0 Å². The van der Waals surface area contributed by atoms with Crippen molar-refractivity contribution in [1.29, 1.82) is 0 Å². The van der Waals surface area contributed by atoms with Gasteiger partial charge in [0.15, 0.2) is 0 Å². The number of aryl methyl sites for hydroxylation is 3. The van der Waals surface area contributed by atoms with Gasteiger partial charge in [0.25, 0.3) is 5.24 Å². The van der Waals surface area contributed by atoms with Crippen molar-refractivity contribution in [3.8, 4) is 17.2 Å². The number of thioether (sulfide) groups is 1. The molecular weight excluding hydrogens is 462 g/mol. The van der Waals surface area contributed by atoms with E-state index >= 15 is 0 Å². The van der Waals surface area contributed by atoms with E-state index in [9.17, 15) is 9.59 Å². The molecule has 1 atom stereocenters. The highest BCUT2D eigenvalue weighted by Crippen LogP contribution is 2.28. The molecule has 2 heterocycles. The Kier molecular flexibility index (Phi) is 6.21. The number of hydrogen-bond donors (Lipinski definition) is 1. The maximum atomic E-state index is 11.8. The number of imidazole rings is 1. The summed E-state index contributed by atoms with van der Waals surface area (Å²) in [7, 11) is 1.96. The van der Waals surface area contributed by atoms with Gasteiger partial charge < -0.3 is 14.0 Å². The number of carbonyl (C=O) groups is 2. The number of amides is 2. The van der Waals surface area contributed by atoms with E-state index in [4.69, 9.17) is 14.5 Å². The van der Waals surface area contributed by atoms with E-state index in [0.717, 1.165) is 56.8 Å². The van der Waals surface area contributed by atoms with Crippen LogP contribution in [0.15, 0.2) is 60.7 Å². The molecule has 1 aliphatic heterocycles. The zero-order chi connectivity index (χ0) is 24.5. The summed E-state index contributed by atoms with van der Waals surface area (Å²) in [6.45, 7) is 4.42. The highest BCUT2D eigenvalue weighted by Gasteiger charge is 2.31. The maximum absolute atomic E-state index is 11.8. The van der Waals surface area contributed by atoms with E-state index in [-0.39, 0.29) is 16.4 Å². The summed E-state index contributed by atoms with van der Waals surface area (Å²) in [5.41, 5.74) is 5.12. The monoisotopic (exact) mass is 487 g/mol. The zero-order valence-electron chi connectivity index (χ0n) is 19.7. The number of ether oxygens (including phenoxy) is 2. The van der Waals surface area contributed by atoms with Gasteiger partial charge in [0, 0.05) is 13.1 Å². The Labute approximate surface area is 207 Å². The molecule has 1 fully saturated rings. The third kappa shape index (κ3) is 5.17. The van der Waals surface area contributed by atoms with Crippen LogP contribution >= 0.6 is 11.8 Å². The number of aromatic nitrogens is 2. The molecule has 0 aliphatic carbocycles. The minimum absolute atomic E-state index is 0.232. The Bertz CT molecular complexity index is 1410. The fourth-order valence-electron chi connectivity index (χ4n) is 4.15. The number of hydrogen-bond acceptors (Lipinski definition) is 6. The van der Waals surface area contributed by atoms with Gasteiger partial charge in [0.1, 0.15) is 29.7 Å². The van der Waals surface area contributed by atoms with Gasteiger partial charge in [0.2, 0.25) is 5.91 Å². The topological polar surface area (TPSA) is 82.5 Å². The molecule has 1 N–H and O–H groups in total. The van der Waals surface area contributed by atoms with Crippen molar-refractivity contribution in [2.75, 3.05) is 0 Å². The summed E-state index contributed by atoms with van der Waals surface area (Å²) in [5, 5.41) is 1.65. The summed E-state index contributed by atoms with van der Waals surface area (Å²) in [5.74, 6) is 2.84. The fraction of sp³-hybridized carbons (Fsp3) is 0.222. The van der Waals surface area contributed by atoms with Gasteiger partial charge in [-0.05, 0) is 73.4 Å². The number of carbonyl (C=O) groups excluding carboxylic acids is 2. The normalized spacial score (nSPS) is 15.5. The maximum Gasteiger partial charge on any atom is 0.286 e. The van der Waals surface area contributed by atoms with Gasteiger partial charge in [-0.2, -0.15) is 0 Å². The molecule has 5 rings (SSSR count). The highest BCUT2D eigenvalue weighted by atomic mass is 32.2. The smallest absolute Gasteiger partial charge is 0.286 e. The molecule has 35 heavy (non-hydrogen) atoms. The average Bonchev–Trinajstić information content (AvgIpc) is 3.30. The van der Waals surface area contributed by atoms with Crippen LogP contribution in [0.25, 0.3) is 11.0 Å². The van der Waals surface area contributed by atoms with Crippen LogP contribution in [-0.4, -0.2) is 25.9 Å². The first-order valence-corrected chi connectivity index (χ1v) is 12.2. The lowest BCUT2D eigenvalue weighted by molar-refractivity contribution is -0.118. The van der Waals surface area contributed by atoms with Crippen molar-refractivity contribution in [2.45, 2.75) is 32.1 Å². The van der Waals surface area contributed by atoms with Gasteiger partial charge in [0.05, 0.1) is 16.3 Å². The lowest BCUT2D eigenvalue weighted by atomic mass is 10.1.